The number of aryl methyl sites for hydroxylation is 1. The smallest absolute Gasteiger partial charge is 0.252 e. The van der Waals surface area contributed by atoms with E-state index in [0.717, 1.165) is 0 Å². The van der Waals surface area contributed by atoms with E-state index < -0.39 is 0 Å². The first-order valence-electron chi connectivity index (χ1n) is 2.62. The van der Waals surface area contributed by atoms with Crippen LogP contribution in [0.25, 0.3) is 0 Å². The molecule has 1 heterocycles. The second-order valence-corrected chi connectivity index (χ2v) is 1.91. The molecule has 1 rings (SSSR count). The third-order valence-corrected chi connectivity index (χ3v) is 1.13. The van der Waals surface area contributed by atoms with Gasteiger partial charge in [0.2, 0.25) is 0 Å². The summed E-state index contributed by atoms with van der Waals surface area (Å²) < 4.78 is 1.47. The van der Waals surface area contributed by atoms with Crippen molar-refractivity contribution < 1.29 is 0 Å². The molecule has 0 radical (unpaired) electrons. The van der Waals surface area contributed by atoms with Crippen LogP contribution in [0, 0.1) is 0 Å². The first-order chi connectivity index (χ1) is 4.20. The molecule has 0 aliphatic carbocycles. The predicted octanol–water partition coefficient (Wildman–Crippen LogP) is 0.389. The van der Waals surface area contributed by atoms with E-state index in [1.54, 1.807) is 19.3 Å². The van der Waals surface area contributed by atoms with Crippen LogP contribution in [0.5, 0.6) is 0 Å². The fourth-order valence-corrected chi connectivity index (χ4v) is 0.564. The van der Waals surface area contributed by atoms with Crippen molar-refractivity contribution in [2.75, 3.05) is 5.73 Å². The van der Waals surface area contributed by atoms with Gasteiger partial charge in [-0.1, -0.05) is 0 Å². The second kappa shape index (κ2) is 3.27. The number of hydrogen-bond acceptors (Lipinski definition) is 2. The summed E-state index contributed by atoms with van der Waals surface area (Å²) in [6.45, 7) is 0. The van der Waals surface area contributed by atoms with Crippen LogP contribution in [0.4, 0.5) is 5.69 Å². The van der Waals surface area contributed by atoms with Crippen LogP contribution < -0.4 is 11.3 Å². The zero-order valence-corrected chi connectivity index (χ0v) is 6.39. The number of hydrogen-bond donors (Lipinski definition) is 1. The number of nitrogens with zero attached hydrogens (tertiary/aromatic N) is 1. The Morgan fingerprint density at radius 1 is 1.60 bits per heavy atom. The van der Waals surface area contributed by atoms with Gasteiger partial charge in [0.25, 0.3) is 5.56 Å². The first-order valence-corrected chi connectivity index (χ1v) is 2.62. The lowest BCUT2D eigenvalue weighted by molar-refractivity contribution is 0.862. The maximum Gasteiger partial charge on any atom is 0.252 e. The SMILES string of the molecule is Cl.Cn1ccc(N)cc1=O. The summed E-state index contributed by atoms with van der Waals surface area (Å²) in [5.41, 5.74) is 5.75. The molecule has 2 N–H and O–H groups in total. The van der Waals surface area contributed by atoms with Crippen LogP contribution in [0.2, 0.25) is 0 Å². The summed E-state index contributed by atoms with van der Waals surface area (Å²) in [5.74, 6) is 0. The number of aromatic nitrogens is 1. The predicted molar refractivity (Wildman–Crippen MR) is 43.3 cm³/mol. The molecule has 0 fully saturated rings. The van der Waals surface area contributed by atoms with Crippen LogP contribution >= 0.6 is 12.4 Å². The molecule has 0 amide bonds. The van der Waals surface area contributed by atoms with E-state index in [0.29, 0.717) is 5.69 Å². The van der Waals surface area contributed by atoms with E-state index >= 15 is 0 Å². The Labute approximate surface area is 64.9 Å². The Morgan fingerprint density at radius 2 is 2.20 bits per heavy atom. The van der Waals surface area contributed by atoms with Crippen molar-refractivity contribution in [3.8, 4) is 0 Å². The number of nitrogens with two attached hydrogens (primary N) is 1. The molecule has 0 aromatic carbocycles. The Balaban J connectivity index is 0.000000810. The standard InChI is InChI=1S/C6H8N2O.ClH/c1-8-3-2-5(7)4-6(8)9;/h2-4H,7H2,1H3;1H. The lowest BCUT2D eigenvalue weighted by atomic mass is 10.4. The van der Waals surface area contributed by atoms with Gasteiger partial charge in [-0.25, -0.2) is 0 Å². The van der Waals surface area contributed by atoms with Crippen LogP contribution in [-0.4, -0.2) is 4.57 Å². The molecular weight excluding hydrogens is 152 g/mol. The van der Waals surface area contributed by atoms with Crippen molar-refractivity contribution in [3.63, 3.8) is 0 Å². The van der Waals surface area contributed by atoms with Crippen LogP contribution in [0.15, 0.2) is 23.1 Å². The van der Waals surface area contributed by atoms with Crippen LogP contribution in [-0.2, 0) is 7.05 Å². The van der Waals surface area contributed by atoms with E-state index in [-0.39, 0.29) is 18.0 Å². The van der Waals surface area contributed by atoms with Crippen molar-refractivity contribution in [2.24, 2.45) is 7.05 Å². The number of halogens is 1. The summed E-state index contributed by atoms with van der Waals surface area (Å²) in [6, 6.07) is 3.07. The second-order valence-electron chi connectivity index (χ2n) is 1.91. The normalized spacial score (nSPS) is 8.50. The molecule has 0 aliphatic rings. The fraction of sp³-hybridized carbons (Fsp3) is 0.167. The highest BCUT2D eigenvalue weighted by molar-refractivity contribution is 5.85. The van der Waals surface area contributed by atoms with Crippen molar-refractivity contribution in [2.45, 2.75) is 0 Å². The van der Waals surface area contributed by atoms with Gasteiger partial charge in [0, 0.05) is 25.0 Å². The highest BCUT2D eigenvalue weighted by Crippen LogP contribution is 1.91. The zero-order valence-electron chi connectivity index (χ0n) is 5.57. The molecule has 0 unspecified atom stereocenters. The molecule has 0 aliphatic heterocycles. The molecule has 3 nitrogen and oxygen atoms in total. The highest BCUT2D eigenvalue weighted by atomic mass is 35.5. The minimum absolute atomic E-state index is 0. The minimum atomic E-state index is -0.0741. The molecule has 0 atom stereocenters. The fourth-order valence-electron chi connectivity index (χ4n) is 0.564. The van der Waals surface area contributed by atoms with Gasteiger partial charge in [0.15, 0.2) is 0 Å². The highest BCUT2D eigenvalue weighted by Gasteiger charge is 1.86. The first kappa shape index (κ1) is 9.04. The monoisotopic (exact) mass is 160 g/mol. The topological polar surface area (TPSA) is 48.0 Å². The van der Waals surface area contributed by atoms with Crippen molar-refractivity contribution >= 4 is 18.1 Å². The van der Waals surface area contributed by atoms with E-state index in [1.807, 2.05) is 0 Å². The number of anilines is 1. The molecule has 1 aromatic rings. The molecule has 0 saturated heterocycles. The van der Waals surface area contributed by atoms with Crippen molar-refractivity contribution in [3.05, 3.63) is 28.7 Å². The maximum absolute atomic E-state index is 10.7. The van der Waals surface area contributed by atoms with Crippen molar-refractivity contribution in [1.82, 2.24) is 4.57 Å². The van der Waals surface area contributed by atoms with E-state index in [2.05, 4.69) is 0 Å². The largest absolute Gasteiger partial charge is 0.399 e. The van der Waals surface area contributed by atoms with Gasteiger partial charge in [-0.15, -0.1) is 12.4 Å². The van der Waals surface area contributed by atoms with Gasteiger partial charge in [-0.2, -0.15) is 0 Å². The Morgan fingerprint density at radius 3 is 2.60 bits per heavy atom. The number of rotatable bonds is 0. The Kier molecular flexibility index (Phi) is 2.96. The Bertz CT molecular complexity index is 269. The molecule has 4 heteroatoms. The van der Waals surface area contributed by atoms with Crippen LogP contribution in [0.3, 0.4) is 0 Å². The Hall–Kier alpha value is -0.960. The number of nitrogen functional groups attached to an aromatic ring is 1. The lowest BCUT2D eigenvalue weighted by Crippen LogP contribution is -2.14. The third-order valence-electron chi connectivity index (χ3n) is 1.13. The van der Waals surface area contributed by atoms with Gasteiger partial charge in [0.1, 0.15) is 0 Å². The average Bonchev–Trinajstić information content (AvgIpc) is 1.80. The third kappa shape index (κ3) is 1.77. The molecular formula is C6H9ClN2O. The lowest BCUT2D eigenvalue weighted by Gasteiger charge is -1.94. The average molecular weight is 161 g/mol. The summed E-state index contributed by atoms with van der Waals surface area (Å²) in [5, 5.41) is 0. The van der Waals surface area contributed by atoms with E-state index in [9.17, 15) is 4.79 Å². The van der Waals surface area contributed by atoms with Gasteiger partial charge in [0.05, 0.1) is 0 Å². The molecule has 0 saturated carbocycles. The van der Waals surface area contributed by atoms with Gasteiger partial charge in [-0.05, 0) is 6.07 Å². The minimum Gasteiger partial charge on any atom is -0.399 e. The molecule has 10 heavy (non-hydrogen) atoms. The molecule has 1 aromatic heterocycles. The maximum atomic E-state index is 10.7. The quantitative estimate of drug-likeness (QED) is 0.597. The molecule has 0 bridgehead atoms. The van der Waals surface area contributed by atoms with E-state index in [1.165, 1.54) is 10.6 Å². The zero-order chi connectivity index (χ0) is 6.85. The summed E-state index contributed by atoms with van der Waals surface area (Å²) in [6.07, 6.45) is 1.64. The summed E-state index contributed by atoms with van der Waals surface area (Å²) in [4.78, 5) is 10.7. The van der Waals surface area contributed by atoms with Gasteiger partial charge in [-0.3, -0.25) is 4.79 Å². The van der Waals surface area contributed by atoms with Crippen LogP contribution in [0.1, 0.15) is 0 Å². The van der Waals surface area contributed by atoms with E-state index in [4.69, 9.17) is 5.73 Å². The molecule has 0 spiro atoms. The van der Waals surface area contributed by atoms with Gasteiger partial charge >= 0.3 is 0 Å². The van der Waals surface area contributed by atoms with Gasteiger partial charge < -0.3 is 10.3 Å². The number of pyridine rings is 1. The summed E-state index contributed by atoms with van der Waals surface area (Å²) >= 11 is 0. The molecule has 56 valence electrons. The van der Waals surface area contributed by atoms with Crippen molar-refractivity contribution in [1.29, 1.82) is 0 Å². The summed E-state index contributed by atoms with van der Waals surface area (Å²) in [7, 11) is 1.68.